The van der Waals surface area contributed by atoms with Crippen molar-refractivity contribution in [1.29, 1.82) is 0 Å². The molecular weight excluding hydrogens is 432 g/mol. The number of hydrogen-bond donors (Lipinski definition) is 2. The Kier molecular flexibility index (Phi) is 5.73. The molecule has 2 amide bonds. The van der Waals surface area contributed by atoms with Gasteiger partial charge in [-0.25, -0.2) is 0 Å². The summed E-state index contributed by atoms with van der Waals surface area (Å²) in [6.07, 6.45) is 0.755. The zero-order valence-electron chi connectivity index (χ0n) is 20.5. The van der Waals surface area contributed by atoms with Crippen LogP contribution in [0.5, 0.6) is 0 Å². The molecule has 5 rings (SSSR count). The van der Waals surface area contributed by atoms with Crippen molar-refractivity contribution in [2.24, 2.45) is 0 Å². The zero-order chi connectivity index (χ0) is 24.7. The highest BCUT2D eigenvalue weighted by atomic mass is 16.2. The van der Waals surface area contributed by atoms with Gasteiger partial charge in [-0.2, -0.15) is 0 Å². The van der Waals surface area contributed by atoms with Gasteiger partial charge in [0.15, 0.2) is 0 Å². The Morgan fingerprint density at radius 1 is 0.543 bits per heavy atom. The summed E-state index contributed by atoms with van der Waals surface area (Å²) in [6, 6.07) is 23.6. The number of carbonyl (C=O) groups excluding carboxylic acids is 2. The fraction of sp³-hybridized carbons (Fsp3) is 0.161. The van der Waals surface area contributed by atoms with Gasteiger partial charge in [0.1, 0.15) is 0 Å². The summed E-state index contributed by atoms with van der Waals surface area (Å²) in [7, 11) is 0. The lowest BCUT2D eigenvalue weighted by atomic mass is 10.0. The molecule has 4 nitrogen and oxygen atoms in total. The Hall–Kier alpha value is -4.18. The van der Waals surface area contributed by atoms with E-state index in [1.807, 2.05) is 88.4 Å². The molecule has 0 saturated heterocycles. The Bertz CT molecular complexity index is 1390. The van der Waals surface area contributed by atoms with Crippen LogP contribution in [0.3, 0.4) is 0 Å². The average Bonchev–Trinajstić information content (AvgIpc) is 3.19. The molecule has 2 N–H and O–H groups in total. The van der Waals surface area contributed by atoms with Crippen LogP contribution in [0, 0.1) is 27.7 Å². The third kappa shape index (κ3) is 4.47. The van der Waals surface area contributed by atoms with Gasteiger partial charge in [-0.3, -0.25) is 9.59 Å². The summed E-state index contributed by atoms with van der Waals surface area (Å²) in [4.78, 5) is 25.5. The number of carbonyl (C=O) groups is 2. The van der Waals surface area contributed by atoms with Crippen molar-refractivity contribution in [3.05, 3.63) is 117 Å². The Balaban J connectivity index is 1.31. The molecule has 0 aliphatic heterocycles. The second-order valence-corrected chi connectivity index (χ2v) is 9.43. The van der Waals surface area contributed by atoms with Crippen LogP contribution < -0.4 is 10.6 Å². The molecule has 0 aromatic heterocycles. The summed E-state index contributed by atoms with van der Waals surface area (Å²) in [5.74, 6) is -0.222. The standard InChI is InChI=1S/C31H28N2O2/c1-18-5-7-22(13-20(18)3)30(34)32-26-9-11-28-24(16-26)15-25-17-27(10-12-29(25)28)33-31(35)23-8-6-19(2)21(4)14-23/h5-14,16-17H,15H2,1-4H3,(H,32,34)(H,33,35). The number of anilines is 2. The molecule has 4 aromatic rings. The Labute approximate surface area is 206 Å². The number of hydrogen-bond acceptors (Lipinski definition) is 2. The van der Waals surface area contributed by atoms with Gasteiger partial charge < -0.3 is 10.6 Å². The fourth-order valence-electron chi connectivity index (χ4n) is 4.54. The van der Waals surface area contributed by atoms with Gasteiger partial charge in [0.25, 0.3) is 11.8 Å². The van der Waals surface area contributed by atoms with Crippen LogP contribution in [-0.4, -0.2) is 11.8 Å². The Morgan fingerprint density at radius 2 is 0.971 bits per heavy atom. The van der Waals surface area contributed by atoms with Crippen molar-refractivity contribution in [3.63, 3.8) is 0 Å². The summed E-state index contributed by atoms with van der Waals surface area (Å²) in [5.41, 5.74) is 12.1. The molecule has 4 aromatic carbocycles. The van der Waals surface area contributed by atoms with E-state index < -0.39 is 0 Å². The van der Waals surface area contributed by atoms with Crippen LogP contribution in [0.15, 0.2) is 72.8 Å². The van der Waals surface area contributed by atoms with Crippen LogP contribution in [0.25, 0.3) is 11.1 Å². The predicted molar refractivity (Wildman–Crippen MR) is 142 cm³/mol. The van der Waals surface area contributed by atoms with Crippen molar-refractivity contribution in [2.45, 2.75) is 34.1 Å². The molecule has 0 heterocycles. The quantitative estimate of drug-likeness (QED) is 0.303. The van der Waals surface area contributed by atoms with E-state index in [0.29, 0.717) is 11.1 Å². The smallest absolute Gasteiger partial charge is 0.255 e. The van der Waals surface area contributed by atoms with E-state index in [-0.39, 0.29) is 11.8 Å². The highest BCUT2D eigenvalue weighted by molar-refractivity contribution is 6.05. The monoisotopic (exact) mass is 460 g/mol. The first kappa shape index (κ1) is 22.6. The number of benzene rings is 4. The molecule has 0 fully saturated rings. The first-order chi connectivity index (χ1) is 16.8. The molecule has 1 aliphatic rings. The van der Waals surface area contributed by atoms with Crippen molar-refractivity contribution in [1.82, 2.24) is 0 Å². The zero-order valence-corrected chi connectivity index (χ0v) is 20.5. The van der Waals surface area contributed by atoms with Crippen LogP contribution in [-0.2, 0) is 6.42 Å². The molecule has 0 spiro atoms. The molecular formula is C31H28N2O2. The van der Waals surface area contributed by atoms with Crippen LogP contribution in [0.4, 0.5) is 11.4 Å². The van der Waals surface area contributed by atoms with Gasteiger partial charge in [0.2, 0.25) is 0 Å². The highest BCUT2D eigenvalue weighted by Gasteiger charge is 2.20. The second-order valence-electron chi connectivity index (χ2n) is 9.43. The van der Waals surface area contributed by atoms with Gasteiger partial charge in [-0.15, -0.1) is 0 Å². The summed E-state index contributed by atoms with van der Waals surface area (Å²) in [6.45, 7) is 8.10. The van der Waals surface area contributed by atoms with E-state index in [1.54, 1.807) is 0 Å². The fourth-order valence-corrected chi connectivity index (χ4v) is 4.54. The number of fused-ring (bicyclic) bond motifs is 3. The molecule has 0 unspecified atom stereocenters. The largest absolute Gasteiger partial charge is 0.322 e. The lowest BCUT2D eigenvalue weighted by Gasteiger charge is -2.10. The van der Waals surface area contributed by atoms with Crippen LogP contribution in [0.1, 0.15) is 54.1 Å². The maximum absolute atomic E-state index is 12.7. The average molecular weight is 461 g/mol. The summed E-state index contributed by atoms with van der Waals surface area (Å²) >= 11 is 0. The predicted octanol–water partition coefficient (Wildman–Crippen LogP) is 7.00. The minimum absolute atomic E-state index is 0.111. The number of nitrogens with one attached hydrogen (secondary N) is 2. The normalized spacial score (nSPS) is 11.5. The minimum atomic E-state index is -0.111. The number of rotatable bonds is 4. The highest BCUT2D eigenvalue weighted by Crippen LogP contribution is 2.39. The summed E-state index contributed by atoms with van der Waals surface area (Å²) < 4.78 is 0. The van der Waals surface area contributed by atoms with Crippen molar-refractivity contribution in [2.75, 3.05) is 10.6 Å². The van der Waals surface area contributed by atoms with E-state index in [2.05, 4.69) is 22.8 Å². The number of amides is 2. The van der Waals surface area contributed by atoms with E-state index in [4.69, 9.17) is 0 Å². The lowest BCUT2D eigenvalue weighted by Crippen LogP contribution is -2.12. The third-order valence-electron chi connectivity index (χ3n) is 6.94. The van der Waals surface area contributed by atoms with E-state index >= 15 is 0 Å². The van der Waals surface area contributed by atoms with Gasteiger partial charge in [0, 0.05) is 22.5 Å². The van der Waals surface area contributed by atoms with Crippen LogP contribution in [0.2, 0.25) is 0 Å². The number of aryl methyl sites for hydroxylation is 4. The SMILES string of the molecule is Cc1ccc(C(=O)Nc2ccc3c(c2)Cc2cc(NC(=O)c4ccc(C)c(C)c4)ccc2-3)cc1C. The molecule has 1 aliphatic carbocycles. The molecule has 4 heteroatoms. The van der Waals surface area contributed by atoms with E-state index in [9.17, 15) is 9.59 Å². The molecule has 35 heavy (non-hydrogen) atoms. The summed E-state index contributed by atoms with van der Waals surface area (Å²) in [5, 5.41) is 6.06. The molecule has 0 bridgehead atoms. The molecule has 0 saturated carbocycles. The second kappa shape index (κ2) is 8.88. The Morgan fingerprint density at radius 3 is 1.37 bits per heavy atom. The molecule has 0 atom stereocenters. The lowest BCUT2D eigenvalue weighted by molar-refractivity contribution is 0.101. The topological polar surface area (TPSA) is 58.2 Å². The van der Waals surface area contributed by atoms with Gasteiger partial charge in [0.05, 0.1) is 0 Å². The van der Waals surface area contributed by atoms with E-state index in [0.717, 1.165) is 51.2 Å². The first-order valence-corrected chi connectivity index (χ1v) is 11.8. The molecule has 0 radical (unpaired) electrons. The van der Waals surface area contributed by atoms with E-state index in [1.165, 1.54) is 11.1 Å². The van der Waals surface area contributed by atoms with Gasteiger partial charge in [-0.1, -0.05) is 24.3 Å². The van der Waals surface area contributed by atoms with Gasteiger partial charge >= 0.3 is 0 Å². The maximum Gasteiger partial charge on any atom is 0.255 e. The molecule has 174 valence electrons. The van der Waals surface area contributed by atoms with Crippen LogP contribution >= 0.6 is 0 Å². The van der Waals surface area contributed by atoms with Crippen molar-refractivity contribution in [3.8, 4) is 11.1 Å². The maximum atomic E-state index is 12.7. The minimum Gasteiger partial charge on any atom is -0.322 e. The first-order valence-electron chi connectivity index (χ1n) is 11.8. The third-order valence-corrected chi connectivity index (χ3v) is 6.94. The van der Waals surface area contributed by atoms with Crippen molar-refractivity contribution >= 4 is 23.2 Å². The van der Waals surface area contributed by atoms with Crippen molar-refractivity contribution < 1.29 is 9.59 Å². The van der Waals surface area contributed by atoms with Gasteiger partial charge in [-0.05, 0) is 127 Å².